The molecule has 0 atom stereocenters. The van der Waals surface area contributed by atoms with Crippen LogP contribution in [-0.2, 0) is 13.0 Å². The molecule has 0 spiro atoms. The van der Waals surface area contributed by atoms with Crippen LogP contribution in [0, 0.1) is 0 Å². The maximum Gasteiger partial charge on any atom is 0.245 e. The fraction of sp³-hybridized carbons (Fsp3) is 0.176. The Morgan fingerprint density at radius 3 is 2.57 bits per heavy atom. The van der Waals surface area contributed by atoms with Crippen molar-refractivity contribution in [3.05, 3.63) is 59.6 Å². The Morgan fingerprint density at radius 2 is 1.81 bits per heavy atom. The normalized spacial score (nSPS) is 10.7. The summed E-state index contributed by atoms with van der Waals surface area (Å²) in [5.41, 5.74) is 2.34. The number of rotatable bonds is 4. The monoisotopic (exact) mass is 313 g/mol. The largest absolute Gasteiger partial charge is 0.350 e. The molecule has 0 unspecified atom stereocenters. The minimum absolute atomic E-state index is 0.775. The molecule has 2 aromatic carbocycles. The molecular weight excluding hydrogens is 296 g/mol. The van der Waals surface area contributed by atoms with E-state index in [1.807, 2.05) is 41.7 Å². The van der Waals surface area contributed by atoms with Gasteiger partial charge in [-0.1, -0.05) is 53.9 Å². The molecule has 1 heterocycles. The highest BCUT2D eigenvalue weighted by Gasteiger charge is 2.19. The first kappa shape index (κ1) is 14.2. The number of aromatic nitrogens is 1. The zero-order chi connectivity index (χ0) is 14.7. The van der Waals surface area contributed by atoms with E-state index in [1.54, 1.807) is 0 Å². The van der Waals surface area contributed by atoms with Gasteiger partial charge in [-0.25, -0.2) is 0 Å². The number of thiocarbonyl (C=S) groups is 1. The standard InChI is InChI=1S/C17H16N2S2/c1-2-19-14-10-6-7-11-15(14)21-17(19)12-16(20)18-13-8-4-3-5-9-13/h3-11H,2,12H2,1H3/p+1. The molecule has 1 N–H and O–H groups in total. The second-order valence-electron chi connectivity index (χ2n) is 4.80. The average molecular weight is 313 g/mol. The Kier molecular flexibility index (Phi) is 4.27. The number of nitrogens with zero attached hydrogens (tertiary/aromatic N) is 1. The van der Waals surface area contributed by atoms with E-state index < -0.39 is 0 Å². The number of fused-ring (bicyclic) bond motifs is 1. The second kappa shape index (κ2) is 6.33. The number of benzene rings is 2. The van der Waals surface area contributed by atoms with Gasteiger partial charge in [-0.05, 0) is 25.1 Å². The van der Waals surface area contributed by atoms with E-state index in [0.717, 1.165) is 23.6 Å². The van der Waals surface area contributed by atoms with E-state index in [9.17, 15) is 0 Å². The van der Waals surface area contributed by atoms with Crippen molar-refractivity contribution >= 4 is 44.4 Å². The van der Waals surface area contributed by atoms with Gasteiger partial charge in [-0.3, -0.25) is 0 Å². The number of nitrogens with one attached hydrogen (secondary N) is 1. The molecule has 0 radical (unpaired) electrons. The molecule has 1 aromatic heterocycles. The summed E-state index contributed by atoms with van der Waals surface area (Å²) in [6.07, 6.45) is 0.775. The third-order valence-corrected chi connectivity index (χ3v) is 4.78. The predicted molar refractivity (Wildman–Crippen MR) is 94.1 cm³/mol. The summed E-state index contributed by atoms with van der Waals surface area (Å²) in [7, 11) is 0. The van der Waals surface area contributed by atoms with Gasteiger partial charge in [-0.2, -0.15) is 4.57 Å². The molecule has 0 saturated carbocycles. The number of hydrogen-bond acceptors (Lipinski definition) is 2. The van der Waals surface area contributed by atoms with Crippen molar-refractivity contribution in [3.63, 3.8) is 0 Å². The lowest BCUT2D eigenvalue weighted by atomic mass is 10.3. The van der Waals surface area contributed by atoms with Gasteiger partial charge in [0.2, 0.25) is 10.5 Å². The van der Waals surface area contributed by atoms with Gasteiger partial charge < -0.3 is 5.32 Å². The van der Waals surface area contributed by atoms with Crippen LogP contribution in [0.5, 0.6) is 0 Å². The highest BCUT2D eigenvalue weighted by molar-refractivity contribution is 7.80. The fourth-order valence-electron chi connectivity index (χ4n) is 2.43. The van der Waals surface area contributed by atoms with Gasteiger partial charge in [0.05, 0.1) is 11.4 Å². The Morgan fingerprint density at radius 1 is 1.10 bits per heavy atom. The number of aryl methyl sites for hydroxylation is 1. The van der Waals surface area contributed by atoms with E-state index in [4.69, 9.17) is 12.2 Å². The zero-order valence-electron chi connectivity index (χ0n) is 11.9. The van der Waals surface area contributed by atoms with E-state index in [0.29, 0.717) is 0 Å². The van der Waals surface area contributed by atoms with Gasteiger partial charge in [0.15, 0.2) is 0 Å². The Labute approximate surface area is 134 Å². The minimum Gasteiger partial charge on any atom is -0.350 e. The zero-order valence-corrected chi connectivity index (χ0v) is 13.5. The lowest BCUT2D eigenvalue weighted by molar-refractivity contribution is -0.670. The lowest BCUT2D eigenvalue weighted by Gasteiger charge is -2.05. The summed E-state index contributed by atoms with van der Waals surface area (Å²) >= 11 is 7.34. The van der Waals surface area contributed by atoms with Crippen molar-refractivity contribution < 1.29 is 4.57 Å². The van der Waals surface area contributed by atoms with Crippen molar-refractivity contribution in [2.24, 2.45) is 0 Å². The maximum atomic E-state index is 5.51. The molecule has 0 amide bonds. The molecule has 0 aliphatic rings. The van der Waals surface area contributed by atoms with Gasteiger partial charge >= 0.3 is 0 Å². The number of para-hydroxylation sites is 2. The van der Waals surface area contributed by atoms with Gasteiger partial charge in [0.25, 0.3) is 0 Å². The maximum absolute atomic E-state index is 5.51. The van der Waals surface area contributed by atoms with E-state index in [-0.39, 0.29) is 0 Å². The molecule has 106 valence electrons. The van der Waals surface area contributed by atoms with Crippen LogP contribution >= 0.6 is 23.6 Å². The average Bonchev–Trinajstić information content (AvgIpc) is 2.85. The highest BCUT2D eigenvalue weighted by Crippen LogP contribution is 2.21. The number of anilines is 1. The van der Waals surface area contributed by atoms with Crippen LogP contribution in [0.15, 0.2) is 54.6 Å². The predicted octanol–water partition coefficient (Wildman–Crippen LogP) is 4.19. The quantitative estimate of drug-likeness (QED) is 0.574. The summed E-state index contributed by atoms with van der Waals surface area (Å²) in [5, 5.41) is 4.61. The minimum atomic E-state index is 0.775. The number of thiazole rings is 1. The molecule has 0 fully saturated rings. The highest BCUT2D eigenvalue weighted by atomic mass is 32.1. The Bertz CT molecular complexity index is 763. The summed E-state index contributed by atoms with van der Waals surface area (Å²) in [5.74, 6) is 0. The van der Waals surface area contributed by atoms with Gasteiger partial charge in [-0.15, -0.1) is 0 Å². The van der Waals surface area contributed by atoms with Crippen LogP contribution in [-0.4, -0.2) is 4.99 Å². The molecule has 0 aliphatic carbocycles. The molecule has 0 bridgehead atoms. The lowest BCUT2D eigenvalue weighted by Crippen LogP contribution is -2.36. The third kappa shape index (κ3) is 3.12. The van der Waals surface area contributed by atoms with Crippen molar-refractivity contribution in [3.8, 4) is 0 Å². The summed E-state index contributed by atoms with van der Waals surface area (Å²) in [6, 6.07) is 18.6. The van der Waals surface area contributed by atoms with Crippen LogP contribution < -0.4 is 9.88 Å². The van der Waals surface area contributed by atoms with Crippen LogP contribution in [0.4, 0.5) is 5.69 Å². The first-order valence-corrected chi connectivity index (χ1v) is 8.25. The summed E-state index contributed by atoms with van der Waals surface area (Å²) in [4.78, 5) is 0.856. The third-order valence-electron chi connectivity index (χ3n) is 3.37. The Hall–Kier alpha value is -1.78. The molecule has 0 saturated heterocycles. The van der Waals surface area contributed by atoms with E-state index in [2.05, 4.69) is 41.1 Å². The smallest absolute Gasteiger partial charge is 0.245 e. The SMILES string of the molecule is CC[n+]1c(CC(=S)Nc2ccccc2)sc2ccccc21. The van der Waals surface area contributed by atoms with Crippen LogP contribution in [0.2, 0.25) is 0 Å². The Balaban J connectivity index is 1.83. The topological polar surface area (TPSA) is 15.9 Å². The van der Waals surface area contributed by atoms with Gasteiger partial charge in [0, 0.05) is 11.8 Å². The molecule has 21 heavy (non-hydrogen) atoms. The van der Waals surface area contributed by atoms with Gasteiger partial charge in [0.1, 0.15) is 11.2 Å². The van der Waals surface area contributed by atoms with Crippen molar-refractivity contribution in [1.29, 1.82) is 0 Å². The van der Waals surface area contributed by atoms with E-state index in [1.165, 1.54) is 15.2 Å². The first-order valence-electron chi connectivity index (χ1n) is 7.03. The number of hydrogen-bond donors (Lipinski definition) is 1. The fourth-order valence-corrected chi connectivity index (χ4v) is 4.01. The summed E-state index contributed by atoms with van der Waals surface area (Å²) < 4.78 is 3.66. The molecule has 3 aromatic rings. The summed E-state index contributed by atoms with van der Waals surface area (Å²) in [6.45, 7) is 3.14. The molecule has 4 heteroatoms. The van der Waals surface area contributed by atoms with Crippen LogP contribution in [0.1, 0.15) is 11.9 Å². The van der Waals surface area contributed by atoms with E-state index >= 15 is 0 Å². The second-order valence-corrected chi connectivity index (χ2v) is 6.41. The van der Waals surface area contributed by atoms with Crippen molar-refractivity contribution in [2.45, 2.75) is 19.9 Å². The first-order chi connectivity index (χ1) is 10.3. The molecule has 0 aliphatic heterocycles. The van der Waals surface area contributed by atoms with Crippen LogP contribution in [0.25, 0.3) is 10.2 Å². The van der Waals surface area contributed by atoms with Crippen molar-refractivity contribution in [2.75, 3.05) is 5.32 Å². The van der Waals surface area contributed by atoms with Crippen LogP contribution in [0.3, 0.4) is 0 Å². The molecule has 2 nitrogen and oxygen atoms in total. The van der Waals surface area contributed by atoms with Crippen molar-refractivity contribution in [1.82, 2.24) is 0 Å². The molecular formula is C17H17N2S2+. The molecule has 3 rings (SSSR count).